The molecule has 0 saturated carbocycles. The number of halogens is 3. The minimum atomic E-state index is -2.72. The number of aliphatic hydroxyl groups is 1. The van der Waals surface area contributed by atoms with Crippen molar-refractivity contribution in [2.75, 3.05) is 7.11 Å². The number of nitrogens with zero attached hydrogens (tertiary/aromatic N) is 1. The summed E-state index contributed by atoms with van der Waals surface area (Å²) in [6.07, 6.45) is -2.72. The van der Waals surface area contributed by atoms with Crippen molar-refractivity contribution in [2.45, 2.75) is 13.0 Å². The summed E-state index contributed by atoms with van der Waals surface area (Å²) in [5.41, 5.74) is -0.361. The molecule has 14 heavy (non-hydrogen) atoms. The number of aliphatic hydroxyl groups excluding tert-OH is 1. The standard InChI is InChI=1S/C8H8BrF2NO2/c1-14-8-5(9)2-4(3-13)6(12-8)7(10)11/h2,7,13H,3H2,1H3. The first-order chi connectivity index (χ1) is 6.60. The van der Waals surface area contributed by atoms with E-state index in [0.717, 1.165) is 0 Å². The van der Waals surface area contributed by atoms with E-state index in [0.29, 0.717) is 4.47 Å². The zero-order valence-corrected chi connectivity index (χ0v) is 8.88. The van der Waals surface area contributed by atoms with Gasteiger partial charge in [0.15, 0.2) is 0 Å². The van der Waals surface area contributed by atoms with Gasteiger partial charge in [-0.15, -0.1) is 0 Å². The molecule has 0 spiro atoms. The molecule has 0 aliphatic heterocycles. The molecule has 78 valence electrons. The van der Waals surface area contributed by atoms with Crippen molar-refractivity contribution in [3.63, 3.8) is 0 Å². The Kier molecular flexibility index (Phi) is 3.77. The second-order valence-electron chi connectivity index (χ2n) is 2.48. The first-order valence-corrected chi connectivity index (χ1v) is 4.51. The lowest BCUT2D eigenvalue weighted by atomic mass is 10.2. The molecule has 0 aliphatic carbocycles. The molecule has 1 aromatic rings. The van der Waals surface area contributed by atoms with E-state index in [9.17, 15) is 8.78 Å². The van der Waals surface area contributed by atoms with Gasteiger partial charge in [-0.1, -0.05) is 0 Å². The Balaban J connectivity index is 3.25. The number of alkyl halides is 2. The molecule has 0 amide bonds. The quantitative estimate of drug-likeness (QED) is 0.914. The summed E-state index contributed by atoms with van der Waals surface area (Å²) in [6, 6.07) is 1.37. The molecule has 0 radical (unpaired) electrons. The van der Waals surface area contributed by atoms with Crippen LogP contribution in [-0.2, 0) is 6.61 Å². The van der Waals surface area contributed by atoms with Gasteiger partial charge in [0, 0.05) is 5.56 Å². The molecule has 1 N–H and O–H groups in total. The molecule has 0 unspecified atom stereocenters. The van der Waals surface area contributed by atoms with Crippen LogP contribution in [0.4, 0.5) is 8.78 Å². The van der Waals surface area contributed by atoms with E-state index in [4.69, 9.17) is 9.84 Å². The van der Waals surface area contributed by atoms with Crippen LogP contribution in [0.1, 0.15) is 17.7 Å². The van der Waals surface area contributed by atoms with Crippen molar-refractivity contribution in [1.82, 2.24) is 4.98 Å². The van der Waals surface area contributed by atoms with Gasteiger partial charge in [-0.3, -0.25) is 0 Å². The fourth-order valence-corrected chi connectivity index (χ4v) is 1.51. The number of aromatic nitrogens is 1. The maximum Gasteiger partial charge on any atom is 0.280 e. The maximum absolute atomic E-state index is 12.4. The molecule has 0 bridgehead atoms. The topological polar surface area (TPSA) is 42.4 Å². The van der Waals surface area contributed by atoms with Crippen LogP contribution in [0.15, 0.2) is 10.5 Å². The normalized spacial score (nSPS) is 10.7. The summed E-state index contributed by atoms with van der Waals surface area (Å²) in [5, 5.41) is 8.82. The number of ether oxygens (including phenoxy) is 1. The third kappa shape index (κ3) is 2.19. The first kappa shape index (κ1) is 11.3. The van der Waals surface area contributed by atoms with Gasteiger partial charge in [0.2, 0.25) is 5.88 Å². The minimum Gasteiger partial charge on any atom is -0.480 e. The fourth-order valence-electron chi connectivity index (χ4n) is 0.982. The van der Waals surface area contributed by atoms with Crippen molar-refractivity contribution < 1.29 is 18.6 Å². The lowest BCUT2D eigenvalue weighted by molar-refractivity contribution is 0.140. The van der Waals surface area contributed by atoms with Crippen molar-refractivity contribution in [2.24, 2.45) is 0 Å². The average Bonchev–Trinajstić information content (AvgIpc) is 2.16. The Labute approximate surface area is 87.9 Å². The zero-order chi connectivity index (χ0) is 10.7. The van der Waals surface area contributed by atoms with E-state index in [1.54, 1.807) is 0 Å². The minimum absolute atomic E-state index is 0.0810. The van der Waals surface area contributed by atoms with E-state index in [1.165, 1.54) is 13.2 Å². The molecule has 1 heterocycles. The molecule has 1 rings (SSSR count). The molecule has 6 heteroatoms. The summed E-state index contributed by atoms with van der Waals surface area (Å²) in [4.78, 5) is 3.58. The van der Waals surface area contributed by atoms with Crippen molar-refractivity contribution >= 4 is 15.9 Å². The van der Waals surface area contributed by atoms with Crippen LogP contribution in [0, 0.1) is 0 Å². The van der Waals surface area contributed by atoms with E-state index in [1.807, 2.05) is 0 Å². The Morgan fingerprint density at radius 1 is 1.64 bits per heavy atom. The number of pyridine rings is 1. The average molecular weight is 268 g/mol. The second kappa shape index (κ2) is 4.65. The van der Waals surface area contributed by atoms with Gasteiger partial charge in [-0.05, 0) is 22.0 Å². The predicted octanol–water partition coefficient (Wildman–Crippen LogP) is 2.28. The Bertz CT molecular complexity index is 333. The van der Waals surface area contributed by atoms with E-state index in [2.05, 4.69) is 20.9 Å². The highest BCUT2D eigenvalue weighted by Gasteiger charge is 2.17. The monoisotopic (exact) mass is 267 g/mol. The van der Waals surface area contributed by atoms with Gasteiger partial charge in [0.25, 0.3) is 6.43 Å². The third-order valence-corrected chi connectivity index (χ3v) is 2.19. The molecule has 0 atom stereocenters. The molecule has 0 saturated heterocycles. The zero-order valence-electron chi connectivity index (χ0n) is 7.30. The lowest BCUT2D eigenvalue weighted by Crippen LogP contribution is -2.01. The summed E-state index contributed by atoms with van der Waals surface area (Å²) >= 11 is 3.09. The Hall–Kier alpha value is -0.750. The van der Waals surface area contributed by atoms with Crippen LogP contribution in [0.5, 0.6) is 5.88 Å². The van der Waals surface area contributed by atoms with Crippen molar-refractivity contribution in [3.05, 3.63) is 21.8 Å². The van der Waals surface area contributed by atoms with Gasteiger partial charge < -0.3 is 9.84 Å². The number of hydrogen-bond acceptors (Lipinski definition) is 3. The summed E-state index contributed by atoms with van der Waals surface area (Å²) in [5.74, 6) is 0.0810. The van der Waals surface area contributed by atoms with Crippen LogP contribution >= 0.6 is 15.9 Å². The van der Waals surface area contributed by atoms with E-state index in [-0.39, 0.29) is 11.4 Å². The van der Waals surface area contributed by atoms with Crippen LogP contribution in [0.3, 0.4) is 0 Å². The fraction of sp³-hybridized carbons (Fsp3) is 0.375. The number of rotatable bonds is 3. The summed E-state index contributed by atoms with van der Waals surface area (Å²) in [6.45, 7) is -0.477. The van der Waals surface area contributed by atoms with Crippen LogP contribution in [0.25, 0.3) is 0 Å². The highest BCUT2D eigenvalue weighted by Crippen LogP contribution is 2.29. The first-order valence-electron chi connectivity index (χ1n) is 3.72. The molecular weight excluding hydrogens is 260 g/mol. The summed E-state index contributed by atoms with van der Waals surface area (Å²) in [7, 11) is 1.33. The Morgan fingerprint density at radius 2 is 2.29 bits per heavy atom. The van der Waals surface area contributed by atoms with Crippen LogP contribution < -0.4 is 4.74 Å². The second-order valence-corrected chi connectivity index (χ2v) is 3.34. The van der Waals surface area contributed by atoms with Crippen molar-refractivity contribution in [1.29, 1.82) is 0 Å². The van der Waals surface area contributed by atoms with Crippen molar-refractivity contribution in [3.8, 4) is 5.88 Å². The summed E-state index contributed by atoms with van der Waals surface area (Å²) < 4.78 is 30.0. The molecule has 0 fully saturated rings. The smallest absolute Gasteiger partial charge is 0.280 e. The number of methoxy groups -OCH3 is 1. The highest BCUT2D eigenvalue weighted by atomic mass is 79.9. The van der Waals surface area contributed by atoms with Gasteiger partial charge in [-0.25, -0.2) is 13.8 Å². The maximum atomic E-state index is 12.4. The van der Waals surface area contributed by atoms with E-state index < -0.39 is 18.7 Å². The van der Waals surface area contributed by atoms with Gasteiger partial charge in [0.1, 0.15) is 5.69 Å². The van der Waals surface area contributed by atoms with Crippen LogP contribution in [-0.4, -0.2) is 17.2 Å². The molecule has 3 nitrogen and oxygen atoms in total. The Morgan fingerprint density at radius 3 is 2.71 bits per heavy atom. The highest BCUT2D eigenvalue weighted by molar-refractivity contribution is 9.10. The van der Waals surface area contributed by atoms with E-state index >= 15 is 0 Å². The predicted molar refractivity (Wildman–Crippen MR) is 49.4 cm³/mol. The largest absolute Gasteiger partial charge is 0.480 e. The lowest BCUT2D eigenvalue weighted by Gasteiger charge is -2.09. The van der Waals surface area contributed by atoms with Gasteiger partial charge in [-0.2, -0.15) is 0 Å². The molecule has 1 aromatic heterocycles. The third-order valence-electron chi connectivity index (χ3n) is 1.63. The molecule has 0 aromatic carbocycles. The molecular formula is C8H8BrF2NO2. The van der Waals surface area contributed by atoms with Gasteiger partial charge in [0.05, 0.1) is 18.2 Å². The SMILES string of the molecule is COc1nc(C(F)F)c(CO)cc1Br. The molecule has 0 aliphatic rings. The number of hydrogen-bond donors (Lipinski definition) is 1. The van der Waals surface area contributed by atoms with Gasteiger partial charge >= 0.3 is 0 Å². The van der Waals surface area contributed by atoms with Crippen LogP contribution in [0.2, 0.25) is 0 Å².